The normalized spacial score (nSPS) is 22.9. The highest BCUT2D eigenvalue weighted by Gasteiger charge is 2.50. The topological polar surface area (TPSA) is 35.5 Å². The van der Waals surface area contributed by atoms with Gasteiger partial charge in [0.05, 0.1) is 11.2 Å². The van der Waals surface area contributed by atoms with Crippen molar-refractivity contribution in [3.8, 4) is 0 Å². The largest absolute Gasteiger partial charge is 0.458 e. The molecule has 3 nitrogen and oxygen atoms in total. The molecule has 0 saturated carbocycles. The lowest BCUT2D eigenvalue weighted by Crippen LogP contribution is -2.41. The predicted octanol–water partition coefficient (Wildman–Crippen LogP) is 3.08. The van der Waals surface area contributed by atoms with Crippen molar-refractivity contribution in [2.75, 3.05) is 0 Å². The molecule has 0 aromatic heterocycles. The van der Waals surface area contributed by atoms with Crippen LogP contribution in [-0.4, -0.2) is 24.1 Å². The van der Waals surface area contributed by atoms with E-state index in [4.69, 9.17) is 9.31 Å². The van der Waals surface area contributed by atoms with E-state index in [-0.39, 0.29) is 29.5 Å². The number of Topliss-reactive ketones (excluding diaryl/α,β-unsaturated/α-hetero) is 1. The van der Waals surface area contributed by atoms with E-state index in [2.05, 4.69) is 0 Å². The first-order chi connectivity index (χ1) is 7.46. The Morgan fingerprint density at radius 3 is 1.82 bits per heavy atom. The summed E-state index contributed by atoms with van der Waals surface area (Å²) in [4.78, 5) is 11.8. The smallest absolute Gasteiger partial charge is 0.403 e. The Balaban J connectivity index is 2.50. The fourth-order valence-corrected chi connectivity index (χ4v) is 1.71. The predicted molar refractivity (Wildman–Crippen MR) is 70.0 cm³/mol. The minimum atomic E-state index is -0.303. The molecule has 1 fully saturated rings. The molecule has 4 heteroatoms. The van der Waals surface area contributed by atoms with Gasteiger partial charge in [0.1, 0.15) is 5.78 Å². The second kappa shape index (κ2) is 4.40. The van der Waals surface area contributed by atoms with Crippen LogP contribution in [0.25, 0.3) is 0 Å². The zero-order chi connectivity index (χ0) is 13.5. The van der Waals surface area contributed by atoms with Crippen LogP contribution in [0, 0.1) is 5.41 Å². The van der Waals surface area contributed by atoms with Crippen molar-refractivity contribution in [3.63, 3.8) is 0 Å². The number of hydrogen-bond donors (Lipinski definition) is 0. The Bertz CT molecular complexity index is 286. The average molecular weight is 240 g/mol. The standard InChI is InChI=1S/C13H25BO3/c1-11(2,3)10(15)8-9-14-16-12(4,5)13(6,7)17-14/h8-9H2,1-7H3. The fourth-order valence-electron chi connectivity index (χ4n) is 1.71. The third-order valence-electron chi connectivity index (χ3n) is 3.75. The van der Waals surface area contributed by atoms with Crippen LogP contribution in [-0.2, 0) is 14.1 Å². The van der Waals surface area contributed by atoms with Gasteiger partial charge in [0.2, 0.25) is 0 Å². The highest BCUT2D eigenvalue weighted by molar-refractivity contribution is 6.45. The maximum Gasteiger partial charge on any atom is 0.458 e. The van der Waals surface area contributed by atoms with Crippen molar-refractivity contribution < 1.29 is 14.1 Å². The molecule has 0 radical (unpaired) electrons. The minimum Gasteiger partial charge on any atom is -0.403 e. The molecule has 0 N–H and O–H groups in total. The molecule has 1 aliphatic rings. The number of rotatable bonds is 3. The summed E-state index contributed by atoms with van der Waals surface area (Å²) in [5.41, 5.74) is -0.880. The molecule has 17 heavy (non-hydrogen) atoms. The maximum atomic E-state index is 11.8. The number of ketones is 1. The Morgan fingerprint density at radius 1 is 1.06 bits per heavy atom. The summed E-state index contributed by atoms with van der Waals surface area (Å²) in [6.07, 6.45) is 1.16. The van der Waals surface area contributed by atoms with Crippen LogP contribution in [0.15, 0.2) is 0 Å². The van der Waals surface area contributed by atoms with E-state index in [0.29, 0.717) is 12.7 Å². The lowest BCUT2D eigenvalue weighted by Gasteiger charge is -2.32. The molecule has 98 valence electrons. The summed E-state index contributed by atoms with van der Waals surface area (Å²) in [6.45, 7) is 13.9. The molecule has 0 aromatic carbocycles. The molecule has 1 rings (SSSR count). The minimum absolute atomic E-state index is 0.257. The second-order valence-electron chi connectivity index (χ2n) is 6.90. The molecule has 0 amide bonds. The van der Waals surface area contributed by atoms with Crippen molar-refractivity contribution in [1.29, 1.82) is 0 Å². The number of carbonyl (C=O) groups is 1. The van der Waals surface area contributed by atoms with E-state index < -0.39 is 0 Å². The first kappa shape index (κ1) is 14.7. The third kappa shape index (κ3) is 3.32. The van der Waals surface area contributed by atoms with E-state index in [1.807, 2.05) is 48.5 Å². The molecular formula is C13H25BO3. The summed E-state index contributed by atoms with van der Waals surface area (Å²) < 4.78 is 11.7. The van der Waals surface area contributed by atoms with Crippen LogP contribution in [0.5, 0.6) is 0 Å². The van der Waals surface area contributed by atoms with E-state index in [1.54, 1.807) is 0 Å². The average Bonchev–Trinajstić information content (AvgIpc) is 2.30. The summed E-state index contributed by atoms with van der Waals surface area (Å²) in [7, 11) is -0.258. The molecule has 0 unspecified atom stereocenters. The lowest BCUT2D eigenvalue weighted by molar-refractivity contribution is -0.126. The Kier molecular flexibility index (Phi) is 3.81. The zero-order valence-corrected chi connectivity index (χ0v) is 12.2. The summed E-state index contributed by atoms with van der Waals surface area (Å²) in [5.74, 6) is 0.257. The third-order valence-corrected chi connectivity index (χ3v) is 3.75. The molecule has 1 saturated heterocycles. The Morgan fingerprint density at radius 2 is 1.47 bits per heavy atom. The van der Waals surface area contributed by atoms with E-state index in [1.165, 1.54) is 0 Å². The number of hydrogen-bond acceptors (Lipinski definition) is 3. The van der Waals surface area contributed by atoms with Gasteiger partial charge in [-0.3, -0.25) is 4.79 Å². The zero-order valence-electron chi connectivity index (χ0n) is 12.2. The first-order valence-electron chi connectivity index (χ1n) is 6.35. The summed E-state index contributed by atoms with van der Waals surface area (Å²) in [5, 5.41) is 0. The molecule has 0 atom stereocenters. The summed E-state index contributed by atoms with van der Waals surface area (Å²) in [6, 6.07) is 0. The highest BCUT2D eigenvalue weighted by Crippen LogP contribution is 2.38. The van der Waals surface area contributed by atoms with Crippen LogP contribution in [0.3, 0.4) is 0 Å². The monoisotopic (exact) mass is 240 g/mol. The first-order valence-corrected chi connectivity index (χ1v) is 6.35. The van der Waals surface area contributed by atoms with Crippen molar-refractivity contribution in [2.45, 2.75) is 72.4 Å². The quantitative estimate of drug-likeness (QED) is 0.711. The van der Waals surface area contributed by atoms with Crippen molar-refractivity contribution in [3.05, 3.63) is 0 Å². The molecule has 0 aromatic rings. The van der Waals surface area contributed by atoms with Gasteiger partial charge in [-0.25, -0.2) is 0 Å². The van der Waals surface area contributed by atoms with Gasteiger partial charge < -0.3 is 9.31 Å². The van der Waals surface area contributed by atoms with Crippen molar-refractivity contribution in [2.24, 2.45) is 5.41 Å². The lowest BCUT2D eigenvalue weighted by atomic mass is 9.78. The van der Waals surface area contributed by atoms with Crippen molar-refractivity contribution >= 4 is 12.9 Å². The van der Waals surface area contributed by atoms with Gasteiger partial charge in [-0.05, 0) is 34.0 Å². The molecule has 1 aliphatic heterocycles. The molecule has 0 spiro atoms. The highest BCUT2D eigenvalue weighted by atomic mass is 16.7. The van der Waals surface area contributed by atoms with Crippen LogP contribution < -0.4 is 0 Å². The van der Waals surface area contributed by atoms with E-state index in [9.17, 15) is 4.79 Å². The summed E-state index contributed by atoms with van der Waals surface area (Å²) >= 11 is 0. The van der Waals surface area contributed by atoms with Crippen molar-refractivity contribution in [1.82, 2.24) is 0 Å². The van der Waals surface area contributed by atoms with E-state index >= 15 is 0 Å². The van der Waals surface area contributed by atoms with Gasteiger partial charge >= 0.3 is 7.12 Å². The maximum absolute atomic E-state index is 11.8. The van der Waals surface area contributed by atoms with Crippen LogP contribution in [0.2, 0.25) is 6.32 Å². The number of carbonyl (C=O) groups excluding carboxylic acids is 1. The van der Waals surface area contributed by atoms with Gasteiger partial charge in [0, 0.05) is 11.8 Å². The van der Waals surface area contributed by atoms with Gasteiger partial charge in [0.15, 0.2) is 0 Å². The van der Waals surface area contributed by atoms with Gasteiger partial charge in [-0.1, -0.05) is 20.8 Å². The van der Waals surface area contributed by atoms with Gasteiger partial charge in [-0.15, -0.1) is 0 Å². The molecule has 0 aliphatic carbocycles. The molecule has 1 heterocycles. The van der Waals surface area contributed by atoms with Gasteiger partial charge in [-0.2, -0.15) is 0 Å². The van der Waals surface area contributed by atoms with Crippen LogP contribution in [0.4, 0.5) is 0 Å². The fraction of sp³-hybridized carbons (Fsp3) is 0.923. The van der Waals surface area contributed by atoms with E-state index in [0.717, 1.165) is 0 Å². The molecule has 0 bridgehead atoms. The Labute approximate surface area is 105 Å². The Hall–Kier alpha value is -0.345. The van der Waals surface area contributed by atoms with Gasteiger partial charge in [0.25, 0.3) is 0 Å². The SMILES string of the molecule is CC(C)(C)C(=O)CCB1OC(C)(C)C(C)(C)O1. The molecular weight excluding hydrogens is 215 g/mol. The van der Waals surface area contributed by atoms with Crippen LogP contribution >= 0.6 is 0 Å². The van der Waals surface area contributed by atoms with Crippen LogP contribution in [0.1, 0.15) is 54.9 Å². The second-order valence-corrected chi connectivity index (χ2v) is 6.90.